The van der Waals surface area contributed by atoms with E-state index in [2.05, 4.69) is 22.1 Å². The maximum atomic E-state index is 12.9. The zero-order chi connectivity index (χ0) is 23.0. The number of halogens is 3. The summed E-state index contributed by atoms with van der Waals surface area (Å²) in [5, 5.41) is 12.4. The first-order chi connectivity index (χ1) is 15.2. The number of fused-ring (bicyclic) bond motifs is 1. The lowest BCUT2D eigenvalue weighted by atomic mass is 10.0. The molecule has 0 aliphatic carbocycles. The third-order valence-corrected chi connectivity index (χ3v) is 5.51. The number of hydrogen-bond acceptors (Lipinski definition) is 5. The number of amides is 1. The summed E-state index contributed by atoms with van der Waals surface area (Å²) in [4.78, 5) is 26.4. The fourth-order valence-corrected chi connectivity index (χ4v) is 3.79. The number of nitrogens with zero attached hydrogens (tertiary/aromatic N) is 4. The molecule has 166 valence electrons. The van der Waals surface area contributed by atoms with Crippen LogP contribution in [0.2, 0.25) is 0 Å². The molecule has 1 aromatic carbocycles. The number of hydrogen-bond donors (Lipinski definition) is 1. The fourth-order valence-electron chi connectivity index (χ4n) is 3.79. The topological polar surface area (TPSA) is 80.1 Å². The van der Waals surface area contributed by atoms with Gasteiger partial charge >= 0.3 is 6.18 Å². The molecule has 1 aliphatic rings. The van der Waals surface area contributed by atoms with Crippen LogP contribution in [-0.4, -0.2) is 44.7 Å². The minimum Gasteiger partial charge on any atom is -0.363 e. The Labute approximate surface area is 181 Å². The summed E-state index contributed by atoms with van der Waals surface area (Å²) < 4.78 is 40.1. The number of nitrogens with one attached hydrogen (secondary N) is 1. The third-order valence-electron chi connectivity index (χ3n) is 5.51. The second-order valence-corrected chi connectivity index (χ2v) is 7.61. The van der Waals surface area contributed by atoms with Gasteiger partial charge in [-0.15, -0.1) is 10.2 Å². The molecule has 3 aromatic rings. The third kappa shape index (κ3) is 3.95. The van der Waals surface area contributed by atoms with E-state index in [1.807, 2.05) is 0 Å². The van der Waals surface area contributed by atoms with Gasteiger partial charge < -0.3 is 14.8 Å². The summed E-state index contributed by atoms with van der Waals surface area (Å²) >= 11 is 0. The molecule has 1 aliphatic heterocycles. The number of carbonyl (C=O) groups excluding carboxylic acids is 1. The highest BCUT2D eigenvalue weighted by Crippen LogP contribution is 2.33. The zero-order valence-electron chi connectivity index (χ0n) is 17.2. The highest BCUT2D eigenvalue weighted by Gasteiger charge is 2.30. The number of benzene rings is 1. The number of aryl methyl sites for hydroxylation is 1. The Morgan fingerprint density at radius 3 is 2.59 bits per heavy atom. The van der Waals surface area contributed by atoms with Crippen LogP contribution < -0.4 is 10.9 Å². The maximum absolute atomic E-state index is 12.9. The molecule has 1 saturated heterocycles. The van der Waals surface area contributed by atoms with E-state index < -0.39 is 11.7 Å². The first kappa shape index (κ1) is 21.5. The smallest absolute Gasteiger partial charge is 0.363 e. The summed E-state index contributed by atoms with van der Waals surface area (Å²) in [5.74, 6) is 0.105. The summed E-state index contributed by atoms with van der Waals surface area (Å²) in [6.07, 6.45) is -0.954. The van der Waals surface area contributed by atoms with Crippen molar-refractivity contribution in [1.29, 1.82) is 0 Å². The number of likely N-dealkylation sites (tertiary alicyclic amines) is 1. The van der Waals surface area contributed by atoms with Crippen LogP contribution in [0.4, 0.5) is 19.0 Å². The van der Waals surface area contributed by atoms with E-state index in [0.29, 0.717) is 36.2 Å². The number of rotatable bonds is 4. The van der Waals surface area contributed by atoms with E-state index in [4.69, 9.17) is 0 Å². The van der Waals surface area contributed by atoms with Gasteiger partial charge in [-0.1, -0.05) is 18.7 Å². The molecule has 1 amide bonds. The monoisotopic (exact) mass is 443 g/mol. The van der Waals surface area contributed by atoms with E-state index in [-0.39, 0.29) is 28.7 Å². The Kier molecular flexibility index (Phi) is 5.45. The number of alkyl halides is 3. The average molecular weight is 443 g/mol. The molecular weight excluding hydrogens is 423 g/mol. The van der Waals surface area contributed by atoms with Gasteiger partial charge in [0, 0.05) is 43.3 Å². The van der Waals surface area contributed by atoms with Gasteiger partial charge in [0.15, 0.2) is 5.82 Å². The maximum Gasteiger partial charge on any atom is 0.416 e. The lowest BCUT2D eigenvalue weighted by Gasteiger charge is -2.17. The summed E-state index contributed by atoms with van der Waals surface area (Å²) in [6, 6.07) is 6.13. The van der Waals surface area contributed by atoms with Crippen molar-refractivity contribution in [3.05, 3.63) is 65.1 Å². The van der Waals surface area contributed by atoms with Gasteiger partial charge in [0.05, 0.1) is 10.9 Å². The van der Waals surface area contributed by atoms with E-state index in [0.717, 1.165) is 12.1 Å². The number of anilines is 1. The van der Waals surface area contributed by atoms with E-state index in [1.54, 1.807) is 24.2 Å². The molecule has 1 fully saturated rings. The van der Waals surface area contributed by atoms with Crippen molar-refractivity contribution < 1.29 is 18.0 Å². The molecule has 0 bridgehead atoms. The number of carbonyl (C=O) groups is 1. The zero-order valence-corrected chi connectivity index (χ0v) is 17.2. The molecule has 2 aromatic heterocycles. The standard InChI is InChI=1S/C22H20F3N5O2/c1-3-17(31)30-11-8-15(12-30)26-20-18-16(9-10-29(2)21(18)32)19(27-28-20)13-4-6-14(7-5-13)22(23,24)25/h3-7,9-10,15H,1,8,11-12H2,2H3,(H,26,28)/t15-/m0/s1. The second-order valence-electron chi connectivity index (χ2n) is 7.61. The SMILES string of the molecule is C=CC(=O)N1CC[C@H](Nc2nnc(-c3ccc(C(F)(F)F)cc3)c3ccn(C)c(=O)c23)C1. The van der Waals surface area contributed by atoms with Crippen molar-refractivity contribution in [2.45, 2.75) is 18.6 Å². The molecule has 1 atom stereocenters. The van der Waals surface area contributed by atoms with Gasteiger partial charge in [-0.05, 0) is 30.7 Å². The molecule has 10 heteroatoms. The van der Waals surface area contributed by atoms with Crippen LogP contribution in [0.5, 0.6) is 0 Å². The van der Waals surface area contributed by atoms with Gasteiger partial charge in [0.2, 0.25) is 5.91 Å². The largest absolute Gasteiger partial charge is 0.416 e. The molecule has 4 rings (SSSR count). The first-order valence-corrected chi connectivity index (χ1v) is 9.90. The predicted octanol–water partition coefficient (Wildman–Crippen LogP) is 3.21. The Balaban J connectivity index is 1.74. The van der Waals surface area contributed by atoms with Crippen LogP contribution >= 0.6 is 0 Å². The predicted molar refractivity (Wildman–Crippen MR) is 114 cm³/mol. The fraction of sp³-hybridized carbons (Fsp3) is 0.273. The van der Waals surface area contributed by atoms with Crippen molar-refractivity contribution in [2.75, 3.05) is 18.4 Å². The van der Waals surface area contributed by atoms with Gasteiger partial charge in [-0.25, -0.2) is 0 Å². The summed E-state index contributed by atoms with van der Waals surface area (Å²) in [7, 11) is 1.60. The Bertz CT molecular complexity index is 1250. The van der Waals surface area contributed by atoms with Crippen LogP contribution in [0.25, 0.3) is 22.0 Å². The molecule has 3 heterocycles. The Hall–Kier alpha value is -3.69. The second kappa shape index (κ2) is 8.10. The Morgan fingerprint density at radius 2 is 1.94 bits per heavy atom. The quantitative estimate of drug-likeness (QED) is 0.627. The van der Waals surface area contributed by atoms with Crippen LogP contribution in [-0.2, 0) is 18.0 Å². The molecule has 0 spiro atoms. The van der Waals surface area contributed by atoms with Crippen molar-refractivity contribution >= 4 is 22.5 Å². The van der Waals surface area contributed by atoms with Crippen LogP contribution in [0.15, 0.2) is 54.0 Å². The van der Waals surface area contributed by atoms with Gasteiger partial charge in [0.25, 0.3) is 5.56 Å². The normalized spacial score (nSPS) is 16.4. The summed E-state index contributed by atoms with van der Waals surface area (Å²) in [6.45, 7) is 4.48. The van der Waals surface area contributed by atoms with Crippen molar-refractivity contribution in [3.63, 3.8) is 0 Å². The molecule has 0 radical (unpaired) electrons. The van der Waals surface area contributed by atoms with Crippen LogP contribution in [0, 0.1) is 0 Å². The van der Waals surface area contributed by atoms with Crippen LogP contribution in [0.3, 0.4) is 0 Å². The molecule has 0 unspecified atom stereocenters. The van der Waals surface area contributed by atoms with Gasteiger partial charge in [-0.3, -0.25) is 9.59 Å². The lowest BCUT2D eigenvalue weighted by Crippen LogP contribution is -2.31. The number of pyridine rings is 1. The summed E-state index contributed by atoms with van der Waals surface area (Å²) in [5.41, 5.74) is -0.358. The first-order valence-electron chi connectivity index (χ1n) is 9.90. The van der Waals surface area contributed by atoms with Crippen molar-refractivity contribution in [2.24, 2.45) is 7.05 Å². The molecule has 0 saturated carbocycles. The molecular formula is C22H20F3N5O2. The van der Waals surface area contributed by atoms with E-state index >= 15 is 0 Å². The van der Waals surface area contributed by atoms with Gasteiger partial charge in [-0.2, -0.15) is 13.2 Å². The van der Waals surface area contributed by atoms with Crippen molar-refractivity contribution in [1.82, 2.24) is 19.7 Å². The van der Waals surface area contributed by atoms with Crippen molar-refractivity contribution in [3.8, 4) is 11.3 Å². The Morgan fingerprint density at radius 1 is 1.22 bits per heavy atom. The molecule has 1 N–H and O–H groups in total. The average Bonchev–Trinajstić information content (AvgIpc) is 3.24. The molecule has 7 nitrogen and oxygen atoms in total. The highest BCUT2D eigenvalue weighted by molar-refractivity contribution is 5.99. The van der Waals surface area contributed by atoms with E-state index in [9.17, 15) is 22.8 Å². The highest BCUT2D eigenvalue weighted by atomic mass is 19.4. The lowest BCUT2D eigenvalue weighted by molar-refractivity contribution is -0.137. The molecule has 32 heavy (non-hydrogen) atoms. The minimum absolute atomic E-state index is 0.127. The van der Waals surface area contributed by atoms with Gasteiger partial charge in [0.1, 0.15) is 5.69 Å². The van der Waals surface area contributed by atoms with E-state index in [1.165, 1.54) is 22.8 Å². The van der Waals surface area contributed by atoms with Crippen LogP contribution in [0.1, 0.15) is 12.0 Å². The minimum atomic E-state index is -4.45. The number of aromatic nitrogens is 3.